The van der Waals surface area contributed by atoms with E-state index in [-0.39, 0.29) is 0 Å². The predicted octanol–water partition coefficient (Wildman–Crippen LogP) is 5.31. The van der Waals surface area contributed by atoms with Crippen molar-refractivity contribution in [2.24, 2.45) is 0 Å². The summed E-state index contributed by atoms with van der Waals surface area (Å²) in [6, 6.07) is 11.1. The average molecular weight is 439 g/mol. The van der Waals surface area contributed by atoms with Gasteiger partial charge < -0.3 is 14.8 Å². The molecule has 0 fully saturated rings. The van der Waals surface area contributed by atoms with Crippen molar-refractivity contribution in [2.45, 2.75) is 6.18 Å². The summed E-state index contributed by atoms with van der Waals surface area (Å²) < 4.78 is 38.7. The fourth-order valence-corrected chi connectivity index (χ4v) is 3.50. The third kappa shape index (κ3) is 4.60. The summed E-state index contributed by atoms with van der Waals surface area (Å²) in [5.41, 5.74) is 3.41. The first-order chi connectivity index (χ1) is 15.2. The fourth-order valence-electron chi connectivity index (χ4n) is 3.50. The molecular formula is C24H24F3N5. The van der Waals surface area contributed by atoms with Crippen LogP contribution in [0.2, 0.25) is 0 Å². The summed E-state index contributed by atoms with van der Waals surface area (Å²) >= 11 is 0. The Balaban J connectivity index is 1.67. The van der Waals surface area contributed by atoms with Crippen LogP contribution in [0.5, 0.6) is 0 Å². The van der Waals surface area contributed by atoms with E-state index in [1.807, 2.05) is 45.5 Å². The third-order valence-corrected chi connectivity index (χ3v) is 5.40. The van der Waals surface area contributed by atoms with Crippen LogP contribution in [-0.2, 0) is 6.18 Å². The summed E-state index contributed by atoms with van der Waals surface area (Å²) in [6.45, 7) is 1.72. The van der Waals surface area contributed by atoms with E-state index in [1.54, 1.807) is 12.4 Å². The number of anilines is 1. The van der Waals surface area contributed by atoms with Gasteiger partial charge in [-0.3, -0.25) is 4.98 Å². The molecule has 0 spiro atoms. The smallest absolute Gasteiger partial charge is 0.361 e. The number of hydrogen-bond acceptors (Lipinski definition) is 4. The van der Waals surface area contributed by atoms with E-state index >= 15 is 0 Å². The van der Waals surface area contributed by atoms with Gasteiger partial charge in [-0.05, 0) is 43.9 Å². The number of fused-ring (bicyclic) bond motifs is 1. The molecule has 0 bridgehead atoms. The lowest BCUT2D eigenvalue weighted by Gasteiger charge is -2.20. The molecule has 0 atom stereocenters. The molecule has 2 aromatic heterocycles. The van der Waals surface area contributed by atoms with E-state index in [9.17, 15) is 13.2 Å². The first-order valence-corrected chi connectivity index (χ1v) is 10.2. The van der Waals surface area contributed by atoms with Crippen LogP contribution in [-0.4, -0.2) is 54.1 Å². The van der Waals surface area contributed by atoms with Crippen molar-refractivity contribution < 1.29 is 13.2 Å². The molecule has 0 unspecified atom stereocenters. The largest absolute Gasteiger partial charge is 0.416 e. The molecule has 32 heavy (non-hydrogen) atoms. The highest BCUT2D eigenvalue weighted by Crippen LogP contribution is 2.34. The number of halogens is 3. The number of nitrogens with one attached hydrogen (secondary N) is 1. The van der Waals surface area contributed by atoms with Gasteiger partial charge in [-0.25, -0.2) is 4.98 Å². The van der Waals surface area contributed by atoms with Gasteiger partial charge in [0.05, 0.1) is 23.7 Å². The van der Waals surface area contributed by atoms with Gasteiger partial charge in [0.2, 0.25) is 0 Å². The maximum atomic E-state index is 12.9. The molecule has 4 aromatic rings. The molecule has 5 nitrogen and oxygen atoms in total. The molecule has 0 saturated carbocycles. The Labute approximate surface area is 184 Å². The number of aromatic nitrogens is 3. The van der Waals surface area contributed by atoms with Gasteiger partial charge in [-0.15, -0.1) is 0 Å². The molecule has 2 heterocycles. The van der Waals surface area contributed by atoms with Crippen LogP contribution in [0.25, 0.3) is 33.3 Å². The van der Waals surface area contributed by atoms with Crippen LogP contribution in [0.15, 0.2) is 61.1 Å². The Morgan fingerprint density at radius 2 is 1.62 bits per heavy atom. The SMILES string of the molecule is CN(C)CCN(C)c1cncc(-c2ccc3[nH]cc(-c4ccc(C(F)(F)F)cc4)c3c2)n1. The lowest BCUT2D eigenvalue weighted by molar-refractivity contribution is -0.137. The molecule has 0 aliphatic carbocycles. The van der Waals surface area contributed by atoms with E-state index in [4.69, 9.17) is 4.98 Å². The van der Waals surface area contributed by atoms with E-state index in [0.29, 0.717) is 5.56 Å². The molecule has 1 N–H and O–H groups in total. The second-order valence-electron chi connectivity index (χ2n) is 8.03. The average Bonchev–Trinajstić information content (AvgIpc) is 3.20. The van der Waals surface area contributed by atoms with Gasteiger partial charge in [-0.2, -0.15) is 13.2 Å². The predicted molar refractivity (Wildman–Crippen MR) is 122 cm³/mol. The van der Waals surface area contributed by atoms with Crippen molar-refractivity contribution in [3.63, 3.8) is 0 Å². The van der Waals surface area contributed by atoms with E-state index in [2.05, 4.69) is 19.8 Å². The van der Waals surface area contributed by atoms with Crippen molar-refractivity contribution in [3.05, 3.63) is 66.6 Å². The van der Waals surface area contributed by atoms with Crippen molar-refractivity contribution in [1.29, 1.82) is 0 Å². The number of alkyl halides is 3. The first-order valence-electron chi connectivity index (χ1n) is 10.2. The maximum absolute atomic E-state index is 12.9. The molecule has 8 heteroatoms. The molecule has 0 aliphatic rings. The van der Waals surface area contributed by atoms with Gasteiger partial charge in [0.1, 0.15) is 5.82 Å². The lowest BCUT2D eigenvalue weighted by atomic mass is 10.0. The Hall–Kier alpha value is -3.39. The summed E-state index contributed by atoms with van der Waals surface area (Å²) in [6.07, 6.45) is 0.917. The van der Waals surface area contributed by atoms with Crippen LogP contribution >= 0.6 is 0 Å². The number of rotatable bonds is 6. The van der Waals surface area contributed by atoms with Gasteiger partial charge >= 0.3 is 6.18 Å². The van der Waals surface area contributed by atoms with E-state index in [1.165, 1.54) is 12.1 Å². The van der Waals surface area contributed by atoms with E-state index < -0.39 is 11.7 Å². The van der Waals surface area contributed by atoms with Crippen LogP contribution in [0, 0.1) is 0 Å². The zero-order valence-electron chi connectivity index (χ0n) is 18.1. The molecule has 4 rings (SSSR count). The van der Waals surface area contributed by atoms with Gasteiger partial charge in [0.15, 0.2) is 0 Å². The second-order valence-corrected chi connectivity index (χ2v) is 8.03. The van der Waals surface area contributed by atoms with Gasteiger partial charge in [0, 0.05) is 48.4 Å². The lowest BCUT2D eigenvalue weighted by Crippen LogP contribution is -2.29. The van der Waals surface area contributed by atoms with Crippen LogP contribution in [0.1, 0.15) is 5.56 Å². The monoisotopic (exact) mass is 439 g/mol. The molecule has 2 aromatic carbocycles. The third-order valence-electron chi connectivity index (χ3n) is 5.40. The zero-order chi connectivity index (χ0) is 22.9. The summed E-state index contributed by atoms with van der Waals surface area (Å²) in [5.74, 6) is 0.779. The van der Waals surface area contributed by atoms with Crippen molar-refractivity contribution >= 4 is 16.7 Å². The fraction of sp³-hybridized carbons (Fsp3) is 0.250. The standard InChI is InChI=1S/C24H24F3N5/c1-31(2)10-11-32(3)23-15-28-14-22(30-23)17-6-9-21-19(12-17)20(13-29-21)16-4-7-18(8-5-16)24(25,26)27/h4-9,12-15,29H,10-11H2,1-3H3. The Kier molecular flexibility index (Phi) is 5.88. The Morgan fingerprint density at radius 1 is 0.906 bits per heavy atom. The zero-order valence-corrected chi connectivity index (χ0v) is 18.1. The summed E-state index contributed by atoms with van der Waals surface area (Å²) in [5, 5.41) is 0.912. The summed E-state index contributed by atoms with van der Waals surface area (Å²) in [4.78, 5) is 16.5. The highest BCUT2D eigenvalue weighted by atomic mass is 19.4. The number of likely N-dealkylation sites (N-methyl/N-ethyl adjacent to an activating group) is 2. The summed E-state index contributed by atoms with van der Waals surface area (Å²) in [7, 11) is 6.03. The Morgan fingerprint density at radius 3 is 2.31 bits per heavy atom. The quantitative estimate of drug-likeness (QED) is 0.442. The normalized spacial score (nSPS) is 12.0. The number of benzene rings is 2. The van der Waals surface area contributed by atoms with Gasteiger partial charge in [0.25, 0.3) is 0 Å². The van der Waals surface area contributed by atoms with Crippen LogP contribution in [0.4, 0.5) is 19.0 Å². The molecule has 0 amide bonds. The van der Waals surface area contributed by atoms with Crippen LogP contribution < -0.4 is 4.90 Å². The minimum absolute atomic E-state index is 0.660. The minimum atomic E-state index is -4.35. The number of nitrogens with zero attached hydrogens (tertiary/aromatic N) is 4. The van der Waals surface area contributed by atoms with Crippen LogP contribution in [0.3, 0.4) is 0 Å². The topological polar surface area (TPSA) is 48.0 Å². The second kappa shape index (κ2) is 8.63. The van der Waals surface area contributed by atoms with Crippen molar-refractivity contribution in [2.75, 3.05) is 39.1 Å². The highest BCUT2D eigenvalue weighted by molar-refractivity contribution is 5.97. The number of hydrogen-bond donors (Lipinski definition) is 1. The minimum Gasteiger partial charge on any atom is -0.361 e. The maximum Gasteiger partial charge on any atom is 0.416 e. The van der Waals surface area contributed by atoms with E-state index in [0.717, 1.165) is 58.8 Å². The number of aromatic amines is 1. The van der Waals surface area contributed by atoms with Crippen molar-refractivity contribution in [1.82, 2.24) is 19.9 Å². The molecule has 0 radical (unpaired) electrons. The first kappa shape index (κ1) is 21.8. The number of H-pyrrole nitrogens is 1. The Bertz CT molecular complexity index is 1210. The molecule has 0 aliphatic heterocycles. The molecule has 0 saturated heterocycles. The van der Waals surface area contributed by atoms with Gasteiger partial charge in [-0.1, -0.05) is 18.2 Å². The highest BCUT2D eigenvalue weighted by Gasteiger charge is 2.30. The molecule has 166 valence electrons. The molecular weight excluding hydrogens is 415 g/mol. The van der Waals surface area contributed by atoms with Crippen molar-refractivity contribution in [3.8, 4) is 22.4 Å².